The first-order valence-corrected chi connectivity index (χ1v) is 6.23. The molecular weight excluding hydrogens is 280 g/mol. The van der Waals surface area contributed by atoms with Crippen LogP contribution in [0.25, 0.3) is 0 Å². The summed E-state index contributed by atoms with van der Waals surface area (Å²) in [6, 6.07) is 4.90. The lowest BCUT2D eigenvalue weighted by Crippen LogP contribution is -2.23. The van der Waals surface area contributed by atoms with Crippen molar-refractivity contribution in [3.8, 4) is 0 Å². The van der Waals surface area contributed by atoms with Crippen LogP contribution in [0.5, 0.6) is 0 Å². The number of isothiocyanates is 2. The molecule has 0 saturated carbocycles. The summed E-state index contributed by atoms with van der Waals surface area (Å²) in [6.07, 6.45) is 0. The van der Waals surface area contributed by atoms with E-state index in [9.17, 15) is 4.79 Å². The smallest absolute Gasteiger partial charge is 0.340 e. The number of nitrogens with zero attached hydrogens (tertiary/aromatic N) is 2. The lowest BCUT2D eigenvalue weighted by Gasteiger charge is -2.20. The molecule has 1 aromatic rings. The Labute approximate surface area is 122 Å². The van der Waals surface area contributed by atoms with E-state index in [0.717, 1.165) is 0 Å². The fourth-order valence-electron chi connectivity index (χ4n) is 1.33. The van der Waals surface area contributed by atoms with Crippen molar-refractivity contribution in [2.24, 2.45) is 9.98 Å². The molecule has 0 fully saturated rings. The average molecular weight is 292 g/mol. The lowest BCUT2D eigenvalue weighted by molar-refractivity contribution is 0.00706. The van der Waals surface area contributed by atoms with E-state index in [4.69, 9.17) is 4.74 Å². The Kier molecular flexibility index (Phi) is 5.21. The van der Waals surface area contributed by atoms with E-state index in [1.54, 1.807) is 39.0 Å². The fourth-order valence-corrected chi connectivity index (χ4v) is 1.52. The van der Waals surface area contributed by atoms with Crippen LogP contribution in [0.15, 0.2) is 28.2 Å². The van der Waals surface area contributed by atoms with Crippen molar-refractivity contribution >= 4 is 52.1 Å². The van der Waals surface area contributed by atoms with Crippen LogP contribution in [0.4, 0.5) is 11.4 Å². The van der Waals surface area contributed by atoms with Crippen LogP contribution < -0.4 is 0 Å². The SMILES string of the molecule is CC(C)(C)OC(=O)c1cccc(N=C=S)c1N=C=S. The van der Waals surface area contributed by atoms with Crippen LogP contribution in [0.3, 0.4) is 0 Å². The van der Waals surface area contributed by atoms with Crippen LogP contribution >= 0.6 is 24.4 Å². The summed E-state index contributed by atoms with van der Waals surface area (Å²) in [6.45, 7) is 5.35. The van der Waals surface area contributed by atoms with Crippen LogP contribution in [0, 0.1) is 0 Å². The molecule has 0 radical (unpaired) electrons. The molecule has 0 unspecified atom stereocenters. The van der Waals surface area contributed by atoms with Gasteiger partial charge in [0.05, 0.1) is 15.9 Å². The van der Waals surface area contributed by atoms with Gasteiger partial charge in [0.1, 0.15) is 17.0 Å². The van der Waals surface area contributed by atoms with Crippen molar-refractivity contribution in [3.05, 3.63) is 23.8 Å². The Morgan fingerprint density at radius 2 is 1.84 bits per heavy atom. The molecule has 1 rings (SSSR count). The van der Waals surface area contributed by atoms with Gasteiger partial charge in [-0.1, -0.05) is 6.07 Å². The maximum Gasteiger partial charge on any atom is 0.340 e. The number of ether oxygens (including phenoxy) is 1. The van der Waals surface area contributed by atoms with Gasteiger partial charge >= 0.3 is 5.97 Å². The van der Waals surface area contributed by atoms with Crippen molar-refractivity contribution in [2.45, 2.75) is 26.4 Å². The van der Waals surface area contributed by atoms with Crippen LogP contribution in [0.2, 0.25) is 0 Å². The fraction of sp³-hybridized carbons (Fsp3) is 0.308. The van der Waals surface area contributed by atoms with Gasteiger partial charge in [0.15, 0.2) is 0 Å². The van der Waals surface area contributed by atoms with Gasteiger partial charge < -0.3 is 4.74 Å². The first-order valence-electron chi connectivity index (χ1n) is 5.41. The molecule has 0 atom stereocenters. The number of aliphatic imine (C=N–C) groups is 2. The topological polar surface area (TPSA) is 51.0 Å². The van der Waals surface area contributed by atoms with Crippen molar-refractivity contribution in [1.29, 1.82) is 0 Å². The van der Waals surface area contributed by atoms with Gasteiger partial charge in [-0.2, -0.15) is 9.98 Å². The van der Waals surface area contributed by atoms with E-state index in [2.05, 4.69) is 44.7 Å². The molecule has 0 saturated heterocycles. The number of hydrogen-bond acceptors (Lipinski definition) is 6. The van der Waals surface area contributed by atoms with Crippen molar-refractivity contribution < 1.29 is 9.53 Å². The number of rotatable bonds is 3. The van der Waals surface area contributed by atoms with Gasteiger partial charge in [-0.15, -0.1) is 0 Å². The first-order chi connectivity index (χ1) is 8.89. The monoisotopic (exact) mass is 292 g/mol. The van der Waals surface area contributed by atoms with Crippen LogP contribution in [-0.2, 0) is 4.74 Å². The van der Waals surface area contributed by atoms with E-state index < -0.39 is 11.6 Å². The summed E-state index contributed by atoms with van der Waals surface area (Å²) in [5, 5.41) is 4.45. The first kappa shape index (κ1) is 15.3. The zero-order chi connectivity index (χ0) is 14.5. The van der Waals surface area contributed by atoms with E-state index in [0.29, 0.717) is 5.69 Å². The third-order valence-electron chi connectivity index (χ3n) is 1.96. The molecule has 0 N–H and O–H groups in total. The third-order valence-corrected chi connectivity index (χ3v) is 2.14. The lowest BCUT2D eigenvalue weighted by atomic mass is 10.1. The third kappa shape index (κ3) is 4.47. The summed E-state index contributed by atoms with van der Waals surface area (Å²) in [4.78, 5) is 19.8. The Morgan fingerprint density at radius 3 is 2.37 bits per heavy atom. The number of benzene rings is 1. The standard InChI is InChI=1S/C13H12N2O2S2/c1-13(2,3)17-12(16)9-5-4-6-10(14-7-18)11(9)15-8-19/h4-6H,1-3H3. The maximum absolute atomic E-state index is 12.1. The number of thiocarbonyl (C=S) groups is 2. The molecule has 0 aromatic heterocycles. The molecule has 98 valence electrons. The normalized spacial score (nSPS) is 10.1. The number of esters is 1. The quantitative estimate of drug-likeness (QED) is 0.478. The average Bonchev–Trinajstić information content (AvgIpc) is 2.29. The largest absolute Gasteiger partial charge is 0.456 e. The van der Waals surface area contributed by atoms with Gasteiger partial charge in [0.2, 0.25) is 0 Å². The second kappa shape index (κ2) is 6.45. The van der Waals surface area contributed by atoms with Crippen molar-refractivity contribution in [3.63, 3.8) is 0 Å². The number of carbonyl (C=O) groups excluding carboxylic acids is 1. The highest BCUT2D eigenvalue weighted by atomic mass is 32.1. The van der Waals surface area contributed by atoms with Crippen molar-refractivity contribution in [1.82, 2.24) is 0 Å². The van der Waals surface area contributed by atoms with E-state index in [1.165, 1.54) is 0 Å². The second-order valence-electron chi connectivity index (χ2n) is 4.58. The molecule has 0 amide bonds. The molecule has 0 spiro atoms. The summed E-state index contributed by atoms with van der Waals surface area (Å²) < 4.78 is 5.30. The molecule has 0 aliphatic heterocycles. The van der Waals surface area contributed by atoms with Gasteiger partial charge in [0.25, 0.3) is 0 Å². The highest BCUT2D eigenvalue weighted by Crippen LogP contribution is 2.32. The molecular formula is C13H12N2O2S2. The number of hydrogen-bond donors (Lipinski definition) is 0. The zero-order valence-electron chi connectivity index (χ0n) is 10.8. The molecule has 0 heterocycles. The number of para-hydroxylation sites is 1. The zero-order valence-corrected chi connectivity index (χ0v) is 12.4. The van der Waals surface area contributed by atoms with Gasteiger partial charge in [0, 0.05) is 0 Å². The number of carbonyl (C=O) groups is 1. The van der Waals surface area contributed by atoms with Gasteiger partial charge in [-0.3, -0.25) is 0 Å². The molecule has 4 nitrogen and oxygen atoms in total. The molecule has 0 aliphatic carbocycles. The predicted molar refractivity (Wildman–Crippen MR) is 81.0 cm³/mol. The highest BCUT2D eigenvalue weighted by molar-refractivity contribution is 7.78. The molecule has 6 heteroatoms. The Bertz CT molecular complexity index is 593. The summed E-state index contributed by atoms with van der Waals surface area (Å²) in [5.41, 5.74) is 0.345. The summed E-state index contributed by atoms with van der Waals surface area (Å²) in [5.74, 6) is -0.502. The van der Waals surface area contributed by atoms with Crippen LogP contribution in [0.1, 0.15) is 31.1 Å². The van der Waals surface area contributed by atoms with Gasteiger partial charge in [-0.05, 0) is 57.3 Å². The molecule has 19 heavy (non-hydrogen) atoms. The minimum absolute atomic E-state index is 0.263. The molecule has 0 bridgehead atoms. The molecule has 1 aromatic carbocycles. The van der Waals surface area contributed by atoms with E-state index in [-0.39, 0.29) is 11.3 Å². The summed E-state index contributed by atoms with van der Waals surface area (Å²) in [7, 11) is 0. The Hall–Kier alpha value is -1.71. The van der Waals surface area contributed by atoms with E-state index in [1.807, 2.05) is 0 Å². The minimum atomic E-state index is -0.598. The highest BCUT2D eigenvalue weighted by Gasteiger charge is 2.21. The predicted octanol–water partition coefficient (Wildman–Crippen LogP) is 4.11. The van der Waals surface area contributed by atoms with E-state index >= 15 is 0 Å². The molecule has 0 aliphatic rings. The minimum Gasteiger partial charge on any atom is -0.456 e. The second-order valence-corrected chi connectivity index (χ2v) is 4.95. The van der Waals surface area contributed by atoms with Crippen LogP contribution in [-0.4, -0.2) is 21.9 Å². The van der Waals surface area contributed by atoms with Gasteiger partial charge in [-0.25, -0.2) is 4.79 Å². The van der Waals surface area contributed by atoms with Crippen molar-refractivity contribution in [2.75, 3.05) is 0 Å². The Morgan fingerprint density at radius 1 is 1.21 bits per heavy atom. The summed E-state index contributed by atoms with van der Waals surface area (Å²) >= 11 is 9.13. The Balaban J connectivity index is 3.34. The maximum atomic E-state index is 12.1.